The van der Waals surface area contributed by atoms with Gasteiger partial charge in [-0.1, -0.05) is 5.16 Å². The van der Waals surface area contributed by atoms with E-state index in [4.69, 9.17) is 4.52 Å². The molecule has 14 heavy (non-hydrogen) atoms. The molecular weight excluding hydrogens is 184 g/mol. The van der Waals surface area contributed by atoms with Crippen molar-refractivity contribution >= 4 is 11.9 Å². The molecule has 0 atom stereocenters. The molecule has 0 N–H and O–H groups in total. The molecule has 0 aliphatic carbocycles. The SMILES string of the molecule is Cc1noc(N2CCN(C)C(=O)C2)n1. The van der Waals surface area contributed by atoms with Gasteiger partial charge in [-0.25, -0.2) is 0 Å². The van der Waals surface area contributed by atoms with Crippen LogP contribution in [-0.4, -0.2) is 47.6 Å². The van der Waals surface area contributed by atoms with E-state index in [-0.39, 0.29) is 5.91 Å². The first-order valence-corrected chi connectivity index (χ1v) is 4.46. The van der Waals surface area contributed by atoms with Gasteiger partial charge in [-0.2, -0.15) is 4.98 Å². The summed E-state index contributed by atoms with van der Waals surface area (Å²) in [5.74, 6) is 0.665. The second kappa shape index (κ2) is 3.28. The summed E-state index contributed by atoms with van der Waals surface area (Å²) in [4.78, 5) is 18.9. The number of hydrogen-bond donors (Lipinski definition) is 0. The minimum Gasteiger partial charge on any atom is -0.342 e. The highest BCUT2D eigenvalue weighted by Gasteiger charge is 2.24. The predicted molar refractivity (Wildman–Crippen MR) is 48.9 cm³/mol. The van der Waals surface area contributed by atoms with Crippen molar-refractivity contribution in [3.05, 3.63) is 5.82 Å². The summed E-state index contributed by atoms with van der Waals surface area (Å²) in [7, 11) is 1.79. The molecule has 0 radical (unpaired) electrons. The van der Waals surface area contributed by atoms with E-state index in [1.807, 2.05) is 0 Å². The minimum absolute atomic E-state index is 0.0760. The first kappa shape index (κ1) is 8.98. The number of carbonyl (C=O) groups is 1. The van der Waals surface area contributed by atoms with Gasteiger partial charge in [-0.15, -0.1) is 0 Å². The Morgan fingerprint density at radius 3 is 2.79 bits per heavy atom. The molecular formula is C8H12N4O2. The molecule has 0 spiro atoms. The Hall–Kier alpha value is -1.59. The third-order valence-corrected chi connectivity index (χ3v) is 2.24. The first-order chi connectivity index (χ1) is 6.66. The van der Waals surface area contributed by atoms with Crippen molar-refractivity contribution in [2.45, 2.75) is 6.92 Å². The summed E-state index contributed by atoms with van der Waals surface area (Å²) in [6, 6.07) is 0.434. The fourth-order valence-electron chi connectivity index (χ4n) is 1.34. The zero-order valence-electron chi connectivity index (χ0n) is 8.23. The Morgan fingerprint density at radius 1 is 1.43 bits per heavy atom. The van der Waals surface area contributed by atoms with Crippen LogP contribution in [-0.2, 0) is 4.79 Å². The van der Waals surface area contributed by atoms with Crippen LogP contribution in [0.3, 0.4) is 0 Å². The Bertz CT molecular complexity index is 349. The van der Waals surface area contributed by atoms with E-state index in [1.54, 1.807) is 23.8 Å². The molecule has 1 aromatic rings. The Balaban J connectivity index is 2.10. The van der Waals surface area contributed by atoms with E-state index in [9.17, 15) is 4.79 Å². The van der Waals surface area contributed by atoms with Crippen molar-refractivity contribution in [2.75, 3.05) is 31.6 Å². The number of piperazine rings is 1. The molecule has 6 nitrogen and oxygen atoms in total. The van der Waals surface area contributed by atoms with Crippen molar-refractivity contribution in [3.8, 4) is 0 Å². The highest BCUT2D eigenvalue weighted by Crippen LogP contribution is 2.12. The zero-order valence-corrected chi connectivity index (χ0v) is 8.23. The van der Waals surface area contributed by atoms with E-state index in [0.717, 1.165) is 6.54 Å². The molecule has 0 bridgehead atoms. The fourth-order valence-corrected chi connectivity index (χ4v) is 1.34. The van der Waals surface area contributed by atoms with E-state index < -0.39 is 0 Å². The van der Waals surface area contributed by atoms with Gasteiger partial charge in [0, 0.05) is 20.1 Å². The number of amides is 1. The van der Waals surface area contributed by atoms with Crippen molar-refractivity contribution < 1.29 is 9.32 Å². The third kappa shape index (κ3) is 1.55. The van der Waals surface area contributed by atoms with Crippen LogP contribution in [0.4, 0.5) is 6.01 Å². The normalized spacial score (nSPS) is 17.7. The Labute approximate surface area is 81.5 Å². The van der Waals surface area contributed by atoms with E-state index >= 15 is 0 Å². The average molecular weight is 196 g/mol. The Kier molecular flexibility index (Phi) is 2.11. The highest BCUT2D eigenvalue weighted by atomic mass is 16.5. The van der Waals surface area contributed by atoms with Crippen LogP contribution in [0.1, 0.15) is 5.82 Å². The molecule has 1 amide bonds. The summed E-state index contributed by atoms with van der Waals surface area (Å²) in [6.45, 7) is 3.51. The lowest BCUT2D eigenvalue weighted by Gasteiger charge is -2.30. The van der Waals surface area contributed by atoms with Gasteiger partial charge >= 0.3 is 6.01 Å². The summed E-state index contributed by atoms with van der Waals surface area (Å²) >= 11 is 0. The standard InChI is InChI=1S/C8H12N4O2/c1-6-9-8(14-10-6)12-4-3-11(2)7(13)5-12/h3-5H2,1-2H3. The van der Waals surface area contributed by atoms with Crippen LogP contribution in [0.25, 0.3) is 0 Å². The monoisotopic (exact) mass is 196 g/mol. The summed E-state index contributed by atoms with van der Waals surface area (Å²) in [5.41, 5.74) is 0. The predicted octanol–water partition coefficient (Wildman–Crippen LogP) is -0.344. The van der Waals surface area contributed by atoms with Gasteiger partial charge in [0.05, 0.1) is 0 Å². The second-order valence-electron chi connectivity index (χ2n) is 3.36. The van der Waals surface area contributed by atoms with Gasteiger partial charge in [-0.3, -0.25) is 4.79 Å². The van der Waals surface area contributed by atoms with Crippen LogP contribution < -0.4 is 4.90 Å². The quantitative estimate of drug-likeness (QED) is 0.614. The largest absolute Gasteiger partial charge is 0.342 e. The number of rotatable bonds is 1. The van der Waals surface area contributed by atoms with Crippen LogP contribution >= 0.6 is 0 Å². The molecule has 1 saturated heterocycles. The van der Waals surface area contributed by atoms with Crippen LogP contribution in [0.15, 0.2) is 4.52 Å². The fraction of sp³-hybridized carbons (Fsp3) is 0.625. The van der Waals surface area contributed by atoms with Gasteiger partial charge in [0.2, 0.25) is 5.91 Å². The smallest absolute Gasteiger partial charge is 0.324 e. The molecule has 1 fully saturated rings. The molecule has 2 rings (SSSR count). The van der Waals surface area contributed by atoms with Crippen LogP contribution in [0.5, 0.6) is 0 Å². The lowest BCUT2D eigenvalue weighted by Crippen LogP contribution is -2.48. The molecule has 1 aromatic heterocycles. The maximum Gasteiger partial charge on any atom is 0.324 e. The second-order valence-corrected chi connectivity index (χ2v) is 3.36. The number of anilines is 1. The van der Waals surface area contributed by atoms with Gasteiger partial charge in [0.15, 0.2) is 5.82 Å². The number of aryl methyl sites for hydroxylation is 1. The van der Waals surface area contributed by atoms with Gasteiger partial charge in [-0.05, 0) is 6.92 Å². The first-order valence-electron chi connectivity index (χ1n) is 4.46. The van der Waals surface area contributed by atoms with Crippen LogP contribution in [0, 0.1) is 6.92 Å². The highest BCUT2D eigenvalue weighted by molar-refractivity contribution is 5.81. The summed E-state index contributed by atoms with van der Waals surface area (Å²) in [5, 5.41) is 3.68. The molecule has 1 aliphatic rings. The maximum absolute atomic E-state index is 11.4. The molecule has 6 heteroatoms. The number of aromatic nitrogens is 2. The Morgan fingerprint density at radius 2 is 2.21 bits per heavy atom. The molecule has 0 aromatic carbocycles. The van der Waals surface area contributed by atoms with Gasteiger partial charge < -0.3 is 14.3 Å². The molecule has 0 unspecified atom stereocenters. The van der Waals surface area contributed by atoms with Crippen LogP contribution in [0.2, 0.25) is 0 Å². The molecule has 1 aliphatic heterocycles. The van der Waals surface area contributed by atoms with Gasteiger partial charge in [0.1, 0.15) is 6.54 Å². The van der Waals surface area contributed by atoms with Gasteiger partial charge in [0.25, 0.3) is 0 Å². The maximum atomic E-state index is 11.4. The summed E-state index contributed by atoms with van der Waals surface area (Å²) < 4.78 is 4.98. The lowest BCUT2D eigenvalue weighted by molar-refractivity contribution is -0.129. The number of nitrogens with zero attached hydrogens (tertiary/aromatic N) is 4. The summed E-state index contributed by atoms with van der Waals surface area (Å²) in [6.07, 6.45) is 0. The molecule has 2 heterocycles. The molecule has 0 saturated carbocycles. The zero-order chi connectivity index (χ0) is 10.1. The van der Waals surface area contributed by atoms with Crippen molar-refractivity contribution in [1.29, 1.82) is 0 Å². The van der Waals surface area contributed by atoms with E-state index in [1.165, 1.54) is 0 Å². The molecule has 76 valence electrons. The van der Waals surface area contributed by atoms with Crippen molar-refractivity contribution in [1.82, 2.24) is 15.0 Å². The number of hydrogen-bond acceptors (Lipinski definition) is 5. The number of likely N-dealkylation sites (N-methyl/N-ethyl adjacent to an activating group) is 1. The third-order valence-electron chi connectivity index (χ3n) is 2.24. The number of carbonyl (C=O) groups excluding carboxylic acids is 1. The van der Waals surface area contributed by atoms with E-state index in [2.05, 4.69) is 10.1 Å². The van der Waals surface area contributed by atoms with Crippen molar-refractivity contribution in [3.63, 3.8) is 0 Å². The average Bonchev–Trinajstić information content (AvgIpc) is 2.57. The topological polar surface area (TPSA) is 62.5 Å². The lowest BCUT2D eigenvalue weighted by atomic mass is 10.3. The van der Waals surface area contributed by atoms with Crippen molar-refractivity contribution in [2.24, 2.45) is 0 Å². The minimum atomic E-state index is 0.0760. The van der Waals surface area contributed by atoms with E-state index in [0.29, 0.717) is 24.9 Å².